The van der Waals surface area contributed by atoms with Gasteiger partial charge in [-0.1, -0.05) is 55.5 Å². The summed E-state index contributed by atoms with van der Waals surface area (Å²) in [4.78, 5) is 27.5. The van der Waals surface area contributed by atoms with E-state index in [9.17, 15) is 27.9 Å². The molecule has 5 rings (SSSR count). The van der Waals surface area contributed by atoms with Crippen LogP contribution in [0.2, 0.25) is 0 Å². The normalized spacial score (nSPS) is 27.6. The molecule has 3 fully saturated rings. The molecule has 12 heteroatoms. The lowest BCUT2D eigenvalue weighted by Gasteiger charge is -2.43. The molecule has 2 aromatic rings. The van der Waals surface area contributed by atoms with Gasteiger partial charge in [0, 0.05) is 44.3 Å². The number of halogens is 3. The third-order valence-electron chi connectivity index (χ3n) is 9.17. The van der Waals surface area contributed by atoms with E-state index in [0.29, 0.717) is 24.0 Å². The first-order valence-corrected chi connectivity index (χ1v) is 15.6. The topological polar surface area (TPSA) is 101 Å². The lowest BCUT2D eigenvalue weighted by molar-refractivity contribution is -0.276. The Balaban J connectivity index is 1.27. The van der Waals surface area contributed by atoms with Gasteiger partial charge < -0.3 is 29.5 Å². The van der Waals surface area contributed by atoms with Crippen LogP contribution in [0.25, 0.3) is 0 Å². The Morgan fingerprint density at radius 3 is 2.31 bits per heavy atom. The first-order valence-electron chi connectivity index (χ1n) is 15.6. The van der Waals surface area contributed by atoms with E-state index in [2.05, 4.69) is 17.1 Å². The van der Waals surface area contributed by atoms with Crippen molar-refractivity contribution in [3.8, 4) is 0 Å². The molecule has 2 aromatic carbocycles. The number of nitrogens with one attached hydrogen (secondary N) is 1. The molecule has 246 valence electrons. The molecule has 3 heterocycles. The number of benzene rings is 2. The van der Waals surface area contributed by atoms with Gasteiger partial charge in [-0.15, -0.1) is 0 Å². The average molecular weight is 634 g/mol. The van der Waals surface area contributed by atoms with Crippen molar-refractivity contribution in [1.82, 2.24) is 15.1 Å². The van der Waals surface area contributed by atoms with Crippen molar-refractivity contribution < 1.29 is 42.1 Å². The van der Waals surface area contributed by atoms with Gasteiger partial charge in [0.2, 0.25) is 5.91 Å². The van der Waals surface area contributed by atoms with E-state index in [0.717, 1.165) is 48.2 Å². The Bertz CT molecular complexity index is 1290. The molecule has 0 bridgehead atoms. The molecule has 0 spiro atoms. The van der Waals surface area contributed by atoms with E-state index >= 15 is 0 Å². The minimum absolute atomic E-state index is 0.0387. The van der Waals surface area contributed by atoms with Crippen molar-refractivity contribution in [2.45, 2.75) is 82.5 Å². The second kappa shape index (κ2) is 14.6. The molecular weight excluding hydrogens is 591 g/mol. The Morgan fingerprint density at radius 2 is 1.64 bits per heavy atom. The van der Waals surface area contributed by atoms with E-state index in [1.165, 1.54) is 0 Å². The molecule has 9 nitrogen and oxygen atoms in total. The number of alkyl halides is 3. The quantitative estimate of drug-likeness (QED) is 0.404. The van der Waals surface area contributed by atoms with E-state index in [-0.39, 0.29) is 44.2 Å². The maximum Gasteiger partial charge on any atom is 0.471 e. The highest BCUT2D eigenvalue weighted by atomic mass is 19.4. The molecule has 0 saturated carbocycles. The number of carbonyl (C=O) groups excluding carboxylic acids is 2. The minimum Gasteiger partial charge on any atom is -0.392 e. The number of likely N-dealkylation sites (tertiary alicyclic amines) is 2. The van der Waals surface area contributed by atoms with Crippen molar-refractivity contribution in [2.24, 2.45) is 5.92 Å². The number of nitrogens with zero attached hydrogens (tertiary/aromatic N) is 2. The van der Waals surface area contributed by atoms with Crippen LogP contribution >= 0.6 is 0 Å². The van der Waals surface area contributed by atoms with Crippen LogP contribution in [0, 0.1) is 5.92 Å². The summed E-state index contributed by atoms with van der Waals surface area (Å²) in [5.41, 5.74) is 3.36. The van der Waals surface area contributed by atoms with E-state index in [1.807, 2.05) is 48.5 Å². The van der Waals surface area contributed by atoms with Gasteiger partial charge in [0.1, 0.15) is 6.04 Å². The van der Waals surface area contributed by atoms with Gasteiger partial charge in [-0.25, -0.2) is 0 Å². The standard InChI is InChI=1S/C33H42F3N3O6/c1-21-28(18-38-15-3-5-26(38)20-43-2)44-31(45-29(21)24-11-9-23(19-40)10-12-24)25-13-7-22(8-14-25)17-37-30(41)27-6-4-16-39(27)32(42)33(34,35)36/h7-14,21,26-29,31,40H,3-6,15-20H2,1-2H3,(H,37,41)/t21-,26-,27-,28+,29+,31+/m0/s1. The number of ether oxygens (including phenoxy) is 3. The highest BCUT2D eigenvalue weighted by Crippen LogP contribution is 2.42. The maximum atomic E-state index is 13.0. The largest absolute Gasteiger partial charge is 0.471 e. The van der Waals surface area contributed by atoms with E-state index in [1.54, 1.807) is 7.11 Å². The summed E-state index contributed by atoms with van der Waals surface area (Å²) in [5.74, 6) is -2.54. The Morgan fingerprint density at radius 1 is 0.978 bits per heavy atom. The molecule has 0 aliphatic carbocycles. The van der Waals surface area contributed by atoms with E-state index < -0.39 is 30.3 Å². The van der Waals surface area contributed by atoms with Crippen LogP contribution in [-0.2, 0) is 37.0 Å². The molecule has 3 saturated heterocycles. The van der Waals surface area contributed by atoms with Gasteiger partial charge in [-0.2, -0.15) is 13.2 Å². The predicted octanol–water partition coefficient (Wildman–Crippen LogP) is 4.25. The maximum absolute atomic E-state index is 13.0. The second-order valence-electron chi connectivity index (χ2n) is 12.2. The SMILES string of the molecule is COC[C@@H]1CCCN1C[C@H]1O[C@@H](c2ccc(CNC(=O)[C@@H]3CCCN3C(=O)C(F)(F)F)cc2)O[C@@H](c2ccc(CO)cc2)[C@H]1C. The Hall–Kier alpha value is -3.03. The number of aliphatic hydroxyl groups excluding tert-OH is 1. The van der Waals surface area contributed by atoms with Crippen molar-refractivity contribution in [1.29, 1.82) is 0 Å². The lowest BCUT2D eigenvalue weighted by Crippen LogP contribution is -2.50. The molecule has 3 aliphatic heterocycles. The number of amides is 2. The van der Waals surface area contributed by atoms with Gasteiger partial charge in [0.05, 0.1) is 25.4 Å². The minimum atomic E-state index is -5.01. The highest BCUT2D eigenvalue weighted by Gasteiger charge is 2.47. The lowest BCUT2D eigenvalue weighted by atomic mass is 9.90. The fourth-order valence-electron chi connectivity index (χ4n) is 6.62. The summed E-state index contributed by atoms with van der Waals surface area (Å²) in [6, 6.07) is 14.3. The number of hydrogen-bond donors (Lipinski definition) is 2. The van der Waals surface area contributed by atoms with Crippen molar-refractivity contribution in [3.63, 3.8) is 0 Å². The van der Waals surface area contributed by atoms with Crippen LogP contribution in [-0.4, -0.2) is 84.4 Å². The molecule has 0 radical (unpaired) electrons. The van der Waals surface area contributed by atoms with Crippen LogP contribution in [0.1, 0.15) is 67.3 Å². The number of hydrogen-bond acceptors (Lipinski definition) is 7. The molecule has 2 N–H and O–H groups in total. The van der Waals surface area contributed by atoms with Gasteiger partial charge in [0.25, 0.3) is 0 Å². The Labute approximate surface area is 261 Å². The number of methoxy groups -OCH3 is 1. The summed E-state index contributed by atoms with van der Waals surface area (Å²) >= 11 is 0. The third kappa shape index (κ3) is 7.86. The first-order chi connectivity index (χ1) is 21.6. The molecule has 2 amide bonds. The van der Waals surface area contributed by atoms with E-state index in [4.69, 9.17) is 14.2 Å². The predicted molar refractivity (Wildman–Crippen MR) is 159 cm³/mol. The van der Waals surface area contributed by atoms with Crippen LogP contribution in [0.3, 0.4) is 0 Å². The van der Waals surface area contributed by atoms with Crippen molar-refractivity contribution in [2.75, 3.05) is 33.4 Å². The summed E-state index contributed by atoms with van der Waals surface area (Å²) in [6.07, 6.45) is -3.33. The molecule has 0 aromatic heterocycles. The zero-order valence-electron chi connectivity index (χ0n) is 25.7. The van der Waals surface area contributed by atoms with Gasteiger partial charge in [-0.05, 0) is 48.9 Å². The fourth-order valence-corrected chi connectivity index (χ4v) is 6.62. The van der Waals surface area contributed by atoms with Crippen LogP contribution in [0.4, 0.5) is 13.2 Å². The smallest absolute Gasteiger partial charge is 0.392 e. The van der Waals surface area contributed by atoms with Gasteiger partial charge in [0.15, 0.2) is 6.29 Å². The summed E-state index contributed by atoms with van der Waals surface area (Å²) < 4.78 is 57.5. The monoisotopic (exact) mass is 633 g/mol. The third-order valence-corrected chi connectivity index (χ3v) is 9.17. The Kier molecular flexibility index (Phi) is 10.8. The number of carbonyl (C=O) groups is 2. The van der Waals surface area contributed by atoms with Gasteiger partial charge in [-0.3, -0.25) is 14.5 Å². The van der Waals surface area contributed by atoms with Gasteiger partial charge >= 0.3 is 12.1 Å². The zero-order valence-corrected chi connectivity index (χ0v) is 25.7. The number of rotatable bonds is 10. The van der Waals surface area contributed by atoms with Crippen molar-refractivity contribution in [3.05, 3.63) is 70.8 Å². The van der Waals surface area contributed by atoms with Crippen LogP contribution in [0.15, 0.2) is 48.5 Å². The highest BCUT2D eigenvalue weighted by molar-refractivity contribution is 5.90. The molecule has 3 aliphatic rings. The molecule has 0 unspecified atom stereocenters. The summed E-state index contributed by atoms with van der Waals surface area (Å²) in [7, 11) is 1.72. The first kappa shape index (κ1) is 33.3. The summed E-state index contributed by atoms with van der Waals surface area (Å²) in [5, 5.41) is 12.2. The zero-order chi connectivity index (χ0) is 32.1. The summed E-state index contributed by atoms with van der Waals surface area (Å²) in [6.45, 7) is 4.48. The van der Waals surface area contributed by atoms with Crippen LogP contribution in [0.5, 0.6) is 0 Å². The molecule has 45 heavy (non-hydrogen) atoms. The fraction of sp³-hybridized carbons (Fsp3) is 0.576. The molecule has 6 atom stereocenters. The van der Waals surface area contributed by atoms with Crippen molar-refractivity contribution >= 4 is 11.8 Å². The number of aliphatic hydroxyl groups is 1. The second-order valence-corrected chi connectivity index (χ2v) is 12.2. The van der Waals surface area contributed by atoms with Crippen LogP contribution < -0.4 is 5.32 Å². The average Bonchev–Trinajstić information content (AvgIpc) is 3.70. The molecular formula is C33H42F3N3O6.